The van der Waals surface area contributed by atoms with E-state index in [1.54, 1.807) is 0 Å². The molecule has 1 heterocycles. The lowest BCUT2D eigenvalue weighted by molar-refractivity contribution is 0.616. The summed E-state index contributed by atoms with van der Waals surface area (Å²) in [4.78, 5) is 0. The molecule has 0 bridgehead atoms. The fourth-order valence-corrected chi connectivity index (χ4v) is 5.93. The molecule has 0 spiro atoms. The van der Waals surface area contributed by atoms with Crippen LogP contribution in [0.1, 0.15) is 25.0 Å². The largest absolute Gasteiger partial charge is 0.450 e. The van der Waals surface area contributed by atoms with Crippen LogP contribution < -0.4 is 5.46 Å². The maximum Gasteiger partial charge on any atom is 0.327 e. The van der Waals surface area contributed by atoms with Gasteiger partial charge in [0.1, 0.15) is 5.52 Å². The third kappa shape index (κ3) is 2.41. The fourth-order valence-electron chi connectivity index (χ4n) is 5.93. The van der Waals surface area contributed by atoms with Crippen molar-refractivity contribution in [2.75, 3.05) is 0 Å². The van der Waals surface area contributed by atoms with Crippen LogP contribution in [0.15, 0.2) is 84.9 Å². The molecular formula is C31H21BNO. The van der Waals surface area contributed by atoms with Crippen molar-refractivity contribution in [3.8, 4) is 16.8 Å². The molecule has 159 valence electrons. The second-order valence-corrected chi connectivity index (χ2v) is 9.64. The van der Waals surface area contributed by atoms with Gasteiger partial charge in [-0.3, -0.25) is 0 Å². The summed E-state index contributed by atoms with van der Waals surface area (Å²) in [7, 11) is 1.20. The van der Waals surface area contributed by atoms with Gasteiger partial charge in [0.2, 0.25) is 0 Å². The van der Waals surface area contributed by atoms with Gasteiger partial charge in [0, 0.05) is 21.6 Å². The van der Waals surface area contributed by atoms with Crippen LogP contribution in [-0.4, -0.2) is 17.1 Å². The molecule has 0 unspecified atom stereocenters. The van der Waals surface area contributed by atoms with Gasteiger partial charge in [-0.25, -0.2) is 0 Å². The lowest BCUT2D eigenvalue weighted by Crippen LogP contribution is -2.16. The lowest BCUT2D eigenvalue weighted by atomic mass is 9.82. The lowest BCUT2D eigenvalue weighted by Gasteiger charge is -2.22. The molecule has 1 N–H and O–H groups in total. The number of rotatable bonds is 2. The van der Waals surface area contributed by atoms with Gasteiger partial charge in [-0.1, -0.05) is 74.5 Å². The van der Waals surface area contributed by atoms with E-state index in [0.29, 0.717) is 0 Å². The molecule has 0 aliphatic heterocycles. The minimum Gasteiger partial charge on any atom is -0.450 e. The molecule has 0 amide bonds. The van der Waals surface area contributed by atoms with Crippen LogP contribution in [0.3, 0.4) is 0 Å². The topological polar surface area (TPSA) is 25.2 Å². The van der Waals surface area contributed by atoms with Gasteiger partial charge in [-0.2, -0.15) is 0 Å². The van der Waals surface area contributed by atoms with Crippen molar-refractivity contribution in [3.63, 3.8) is 0 Å². The number of fused-ring (bicyclic) bond motifs is 7. The van der Waals surface area contributed by atoms with Crippen LogP contribution in [-0.2, 0) is 5.41 Å². The smallest absolute Gasteiger partial charge is 0.327 e. The second-order valence-electron chi connectivity index (χ2n) is 9.64. The summed E-state index contributed by atoms with van der Waals surface area (Å²) in [6.45, 7) is 4.63. The van der Waals surface area contributed by atoms with Crippen LogP contribution in [0.4, 0.5) is 0 Å². The van der Waals surface area contributed by atoms with Gasteiger partial charge in [-0.15, -0.1) is 0 Å². The van der Waals surface area contributed by atoms with Gasteiger partial charge in [0.15, 0.2) is 0 Å². The summed E-state index contributed by atoms with van der Waals surface area (Å²) in [5.74, 6) is 0. The van der Waals surface area contributed by atoms with Crippen molar-refractivity contribution in [3.05, 3.63) is 108 Å². The van der Waals surface area contributed by atoms with Crippen LogP contribution in [0.2, 0.25) is 0 Å². The van der Waals surface area contributed by atoms with Crippen molar-refractivity contribution in [1.82, 2.24) is 4.57 Å². The normalized spacial score (nSPS) is 13.7. The van der Waals surface area contributed by atoms with Crippen molar-refractivity contribution >= 4 is 45.5 Å². The standard InChI is InChI=1S/C31H21BNO/c1-31(2)24-13-5-3-11-20(24)22-17-23-21-12-4-6-15-27(21)33(29(23)18-25(22)31)28-16-8-10-19-9-7-14-26(32-34)30(19)28/h3-5,7-14,16-18,34H,1-2H3. The highest BCUT2D eigenvalue weighted by atomic mass is 16.2. The first-order valence-electron chi connectivity index (χ1n) is 11.6. The van der Waals surface area contributed by atoms with E-state index in [2.05, 4.69) is 97.3 Å². The molecule has 1 aliphatic rings. The second kappa shape index (κ2) is 6.76. The van der Waals surface area contributed by atoms with Crippen LogP contribution >= 0.6 is 0 Å². The summed E-state index contributed by atoms with van der Waals surface area (Å²) in [6, 6.07) is 36.4. The zero-order chi connectivity index (χ0) is 23.0. The predicted octanol–water partition coefficient (Wildman–Crippen LogP) is 6.08. The molecule has 6 aromatic rings. The van der Waals surface area contributed by atoms with Crippen molar-refractivity contribution in [2.24, 2.45) is 0 Å². The highest BCUT2D eigenvalue weighted by Gasteiger charge is 2.36. The van der Waals surface area contributed by atoms with E-state index in [4.69, 9.17) is 0 Å². The maximum absolute atomic E-state index is 10.0. The SMILES string of the molecule is CC1(C)c2ccccc2-c2cc3c4ccc#cc4n(-c4cccc5cccc([B]O)c45)c3cc21. The highest BCUT2D eigenvalue weighted by Crippen LogP contribution is 2.50. The Bertz CT molecular complexity index is 1770. The van der Waals surface area contributed by atoms with Crippen molar-refractivity contribution < 1.29 is 5.02 Å². The average molecular weight is 434 g/mol. The first-order chi connectivity index (χ1) is 16.6. The first kappa shape index (κ1) is 19.5. The number of hydrogen-bond acceptors (Lipinski definition) is 1. The van der Waals surface area contributed by atoms with Crippen LogP contribution in [0, 0.1) is 12.1 Å². The Morgan fingerprint density at radius 1 is 0.824 bits per heavy atom. The van der Waals surface area contributed by atoms with Gasteiger partial charge in [0.05, 0.1) is 11.2 Å². The first-order valence-corrected chi connectivity index (χ1v) is 11.6. The molecular weight excluding hydrogens is 413 g/mol. The quantitative estimate of drug-likeness (QED) is 0.328. The molecule has 0 fully saturated rings. The summed E-state index contributed by atoms with van der Waals surface area (Å²) in [6.07, 6.45) is 0. The molecule has 0 saturated heterocycles. The Morgan fingerprint density at radius 3 is 2.50 bits per heavy atom. The molecule has 3 heteroatoms. The van der Waals surface area contributed by atoms with E-state index >= 15 is 0 Å². The molecule has 1 aromatic heterocycles. The van der Waals surface area contributed by atoms with Gasteiger partial charge >= 0.3 is 7.48 Å². The molecule has 1 radical (unpaired) electrons. The molecule has 2 nitrogen and oxygen atoms in total. The van der Waals surface area contributed by atoms with Crippen LogP contribution in [0.5, 0.6) is 0 Å². The Balaban J connectivity index is 1.66. The summed E-state index contributed by atoms with van der Waals surface area (Å²) >= 11 is 0. The number of benzene rings is 4. The van der Waals surface area contributed by atoms with Gasteiger partial charge in [0.25, 0.3) is 0 Å². The van der Waals surface area contributed by atoms with Crippen LogP contribution in [0.25, 0.3) is 49.4 Å². The Labute approximate surface area is 199 Å². The Hall–Kier alpha value is -4.00. The van der Waals surface area contributed by atoms with Gasteiger partial charge in [-0.05, 0) is 69.5 Å². The Morgan fingerprint density at radius 2 is 1.65 bits per heavy atom. The molecule has 1 aliphatic carbocycles. The zero-order valence-electron chi connectivity index (χ0n) is 19.1. The third-order valence-corrected chi connectivity index (χ3v) is 7.53. The summed E-state index contributed by atoms with van der Waals surface area (Å²) < 4.78 is 2.29. The predicted molar refractivity (Wildman–Crippen MR) is 141 cm³/mol. The number of nitrogens with zero attached hydrogens (tertiary/aromatic N) is 1. The zero-order valence-corrected chi connectivity index (χ0v) is 19.1. The Kier molecular flexibility index (Phi) is 3.87. The van der Waals surface area contributed by atoms with E-state index in [1.165, 1.54) is 35.1 Å². The van der Waals surface area contributed by atoms with E-state index < -0.39 is 0 Å². The summed E-state index contributed by atoms with van der Waals surface area (Å²) in [5, 5.41) is 14.5. The molecule has 0 saturated carbocycles. The third-order valence-electron chi connectivity index (χ3n) is 7.53. The minimum absolute atomic E-state index is 0.0833. The highest BCUT2D eigenvalue weighted by molar-refractivity contribution is 6.50. The summed E-state index contributed by atoms with van der Waals surface area (Å²) in [5.41, 5.74) is 9.22. The molecule has 0 atom stereocenters. The molecule has 34 heavy (non-hydrogen) atoms. The molecule has 7 rings (SSSR count). The molecule has 5 aromatic carbocycles. The maximum atomic E-state index is 10.0. The monoisotopic (exact) mass is 434 g/mol. The average Bonchev–Trinajstić information content (AvgIpc) is 3.31. The van der Waals surface area contributed by atoms with E-state index in [0.717, 1.165) is 38.3 Å². The fraction of sp³-hybridized carbons (Fsp3) is 0.0968. The van der Waals surface area contributed by atoms with E-state index in [-0.39, 0.29) is 5.41 Å². The van der Waals surface area contributed by atoms with Crippen molar-refractivity contribution in [2.45, 2.75) is 19.3 Å². The minimum atomic E-state index is -0.0833. The number of hydrogen-bond donors (Lipinski definition) is 1. The number of aromatic nitrogens is 1. The van der Waals surface area contributed by atoms with Crippen molar-refractivity contribution in [1.29, 1.82) is 0 Å². The van der Waals surface area contributed by atoms with E-state index in [1.807, 2.05) is 18.2 Å². The van der Waals surface area contributed by atoms with Gasteiger partial charge < -0.3 is 9.59 Å². The van der Waals surface area contributed by atoms with E-state index in [9.17, 15) is 5.02 Å².